The van der Waals surface area contributed by atoms with Crippen LogP contribution in [0.4, 0.5) is 5.69 Å². The summed E-state index contributed by atoms with van der Waals surface area (Å²) in [6.07, 6.45) is 2.43. The zero-order valence-electron chi connectivity index (χ0n) is 6.90. The molecule has 3 N–H and O–H groups in total. The largest absolute Gasteiger partial charge is 0.398 e. The van der Waals surface area contributed by atoms with Gasteiger partial charge in [-0.2, -0.15) is 0 Å². The van der Waals surface area contributed by atoms with Crippen molar-refractivity contribution in [3.63, 3.8) is 0 Å². The third-order valence-corrected chi connectivity index (χ3v) is 1.57. The lowest BCUT2D eigenvalue weighted by molar-refractivity contribution is 0.0646. The van der Waals surface area contributed by atoms with Crippen molar-refractivity contribution >= 4 is 5.69 Å². The number of ether oxygens (including phenoxy) is 1. The Morgan fingerprint density at radius 2 is 2.50 bits per heavy atom. The van der Waals surface area contributed by atoms with Gasteiger partial charge in [-0.05, 0) is 6.07 Å². The van der Waals surface area contributed by atoms with Gasteiger partial charge >= 0.3 is 0 Å². The second kappa shape index (κ2) is 4.04. The molecule has 0 aromatic carbocycles. The van der Waals surface area contributed by atoms with Crippen molar-refractivity contribution < 1.29 is 9.84 Å². The fourth-order valence-corrected chi connectivity index (χ4v) is 0.944. The minimum Gasteiger partial charge on any atom is -0.398 e. The van der Waals surface area contributed by atoms with Crippen LogP contribution in [0.1, 0.15) is 11.7 Å². The molecular weight excluding hydrogens is 156 g/mol. The van der Waals surface area contributed by atoms with Gasteiger partial charge in [-0.25, -0.2) is 0 Å². The van der Waals surface area contributed by atoms with Gasteiger partial charge in [0.25, 0.3) is 0 Å². The van der Waals surface area contributed by atoms with Gasteiger partial charge in [0.1, 0.15) is 6.10 Å². The normalized spacial score (nSPS) is 12.8. The number of nitrogen functional groups attached to an aromatic ring is 1. The highest BCUT2D eigenvalue weighted by Gasteiger charge is 2.09. The molecule has 0 bridgehead atoms. The number of nitrogens with zero attached hydrogens (tertiary/aromatic N) is 1. The predicted octanol–water partition coefficient (Wildman–Crippen LogP) is 0.344. The molecule has 0 aliphatic rings. The summed E-state index contributed by atoms with van der Waals surface area (Å²) >= 11 is 0. The van der Waals surface area contributed by atoms with Crippen LogP contribution in [0.2, 0.25) is 0 Å². The first-order valence-electron chi connectivity index (χ1n) is 3.62. The van der Waals surface area contributed by atoms with E-state index >= 15 is 0 Å². The fourth-order valence-electron chi connectivity index (χ4n) is 0.944. The number of rotatable bonds is 3. The van der Waals surface area contributed by atoms with Gasteiger partial charge in [0.15, 0.2) is 0 Å². The number of aliphatic hydroxyl groups excluding tert-OH is 1. The summed E-state index contributed by atoms with van der Waals surface area (Å²) in [5.74, 6) is 0. The highest BCUT2D eigenvalue weighted by Crippen LogP contribution is 2.18. The van der Waals surface area contributed by atoms with Crippen molar-refractivity contribution in [1.82, 2.24) is 4.98 Å². The highest BCUT2D eigenvalue weighted by molar-refractivity contribution is 5.45. The molecule has 0 saturated heterocycles. The van der Waals surface area contributed by atoms with E-state index < -0.39 is 6.10 Å². The van der Waals surface area contributed by atoms with Gasteiger partial charge < -0.3 is 15.6 Å². The van der Waals surface area contributed by atoms with Gasteiger partial charge in [-0.3, -0.25) is 4.98 Å². The van der Waals surface area contributed by atoms with Crippen LogP contribution in [0, 0.1) is 0 Å². The summed E-state index contributed by atoms with van der Waals surface area (Å²) in [6.45, 7) is 0.232. The number of aromatic nitrogens is 1. The molecule has 1 unspecified atom stereocenters. The van der Waals surface area contributed by atoms with Crippen LogP contribution < -0.4 is 5.73 Å². The van der Waals surface area contributed by atoms with Crippen molar-refractivity contribution in [2.75, 3.05) is 19.5 Å². The summed E-state index contributed by atoms with van der Waals surface area (Å²) < 4.78 is 4.78. The minimum absolute atomic E-state index is 0.232. The van der Waals surface area contributed by atoms with Crippen molar-refractivity contribution in [3.05, 3.63) is 24.0 Å². The maximum atomic E-state index is 9.46. The van der Waals surface area contributed by atoms with Crippen LogP contribution in [0.5, 0.6) is 0 Å². The van der Waals surface area contributed by atoms with E-state index in [0.717, 1.165) is 0 Å². The van der Waals surface area contributed by atoms with Crippen molar-refractivity contribution in [2.24, 2.45) is 0 Å². The van der Waals surface area contributed by atoms with E-state index in [2.05, 4.69) is 4.98 Å². The first-order valence-corrected chi connectivity index (χ1v) is 3.62. The molecule has 4 heteroatoms. The maximum absolute atomic E-state index is 9.46. The Kier molecular flexibility index (Phi) is 3.01. The van der Waals surface area contributed by atoms with E-state index in [0.29, 0.717) is 11.3 Å². The predicted molar refractivity (Wildman–Crippen MR) is 45.5 cm³/mol. The standard InChI is InChI=1S/C8H12N2O2/c1-12-5-8(11)6-4-10-3-2-7(6)9/h2-4,8,11H,5H2,1H3,(H2,9,10). The van der Waals surface area contributed by atoms with Gasteiger partial charge in [0, 0.05) is 30.8 Å². The molecule has 4 nitrogen and oxygen atoms in total. The van der Waals surface area contributed by atoms with Crippen LogP contribution in [-0.4, -0.2) is 23.8 Å². The molecule has 1 aromatic rings. The number of nitrogens with two attached hydrogens (primary N) is 1. The number of hydrogen-bond donors (Lipinski definition) is 2. The van der Waals surface area contributed by atoms with E-state index in [1.165, 1.54) is 7.11 Å². The summed E-state index contributed by atoms with van der Waals surface area (Å²) in [4.78, 5) is 3.85. The Labute approximate surface area is 71.0 Å². The minimum atomic E-state index is -0.691. The van der Waals surface area contributed by atoms with Gasteiger partial charge in [-0.1, -0.05) is 0 Å². The van der Waals surface area contributed by atoms with Crippen molar-refractivity contribution in [1.29, 1.82) is 0 Å². The monoisotopic (exact) mass is 168 g/mol. The third-order valence-electron chi connectivity index (χ3n) is 1.57. The maximum Gasteiger partial charge on any atom is 0.106 e. The lowest BCUT2D eigenvalue weighted by Crippen LogP contribution is -2.08. The molecule has 0 saturated carbocycles. The molecule has 0 spiro atoms. The lowest BCUT2D eigenvalue weighted by Gasteiger charge is -2.10. The molecule has 1 aromatic heterocycles. The van der Waals surface area contributed by atoms with E-state index in [4.69, 9.17) is 10.5 Å². The average molecular weight is 168 g/mol. The summed E-state index contributed by atoms with van der Waals surface area (Å²) in [6, 6.07) is 1.65. The van der Waals surface area contributed by atoms with E-state index in [1.54, 1.807) is 18.5 Å². The fraction of sp³-hybridized carbons (Fsp3) is 0.375. The Balaban J connectivity index is 2.79. The highest BCUT2D eigenvalue weighted by atomic mass is 16.5. The summed E-state index contributed by atoms with van der Waals surface area (Å²) in [7, 11) is 1.52. The van der Waals surface area contributed by atoms with Crippen molar-refractivity contribution in [2.45, 2.75) is 6.10 Å². The van der Waals surface area contributed by atoms with Crippen LogP contribution in [0.15, 0.2) is 18.5 Å². The topological polar surface area (TPSA) is 68.4 Å². The van der Waals surface area contributed by atoms with Crippen LogP contribution in [-0.2, 0) is 4.74 Å². The molecule has 0 aliphatic heterocycles. The second-order valence-corrected chi connectivity index (χ2v) is 2.48. The van der Waals surface area contributed by atoms with Crippen LogP contribution in [0.3, 0.4) is 0 Å². The van der Waals surface area contributed by atoms with E-state index in [9.17, 15) is 5.11 Å². The average Bonchev–Trinajstić information content (AvgIpc) is 2.05. The zero-order valence-corrected chi connectivity index (χ0v) is 6.90. The first kappa shape index (κ1) is 8.96. The molecule has 1 heterocycles. The van der Waals surface area contributed by atoms with E-state index in [1.807, 2.05) is 0 Å². The van der Waals surface area contributed by atoms with Crippen LogP contribution >= 0.6 is 0 Å². The Bertz CT molecular complexity index is 253. The number of methoxy groups -OCH3 is 1. The Morgan fingerprint density at radius 3 is 3.08 bits per heavy atom. The summed E-state index contributed by atoms with van der Waals surface area (Å²) in [5.41, 5.74) is 6.74. The quantitative estimate of drug-likeness (QED) is 0.683. The molecule has 0 fully saturated rings. The Hall–Kier alpha value is -1.13. The zero-order chi connectivity index (χ0) is 8.97. The smallest absolute Gasteiger partial charge is 0.106 e. The third kappa shape index (κ3) is 1.93. The molecule has 0 radical (unpaired) electrons. The number of hydrogen-bond acceptors (Lipinski definition) is 4. The Morgan fingerprint density at radius 1 is 1.75 bits per heavy atom. The van der Waals surface area contributed by atoms with Gasteiger partial charge in [0.2, 0.25) is 0 Å². The SMILES string of the molecule is COCC(O)c1cnccc1N. The van der Waals surface area contributed by atoms with Crippen molar-refractivity contribution in [3.8, 4) is 0 Å². The van der Waals surface area contributed by atoms with Gasteiger partial charge in [-0.15, -0.1) is 0 Å². The lowest BCUT2D eigenvalue weighted by atomic mass is 10.1. The number of aliphatic hydroxyl groups is 1. The molecule has 1 rings (SSSR count). The molecule has 0 aliphatic carbocycles. The second-order valence-electron chi connectivity index (χ2n) is 2.48. The molecule has 0 amide bonds. The molecule has 1 atom stereocenters. The first-order chi connectivity index (χ1) is 5.75. The molecule has 12 heavy (non-hydrogen) atoms. The van der Waals surface area contributed by atoms with Gasteiger partial charge in [0.05, 0.1) is 6.61 Å². The van der Waals surface area contributed by atoms with Crippen LogP contribution in [0.25, 0.3) is 0 Å². The summed E-state index contributed by atoms with van der Waals surface area (Å²) in [5, 5.41) is 9.46. The molecule has 66 valence electrons. The molecular formula is C8H12N2O2. The number of anilines is 1. The van der Waals surface area contributed by atoms with E-state index in [-0.39, 0.29) is 6.61 Å². The number of pyridine rings is 1.